The number of hydrogen-bond donors (Lipinski definition) is 0. The molecule has 0 saturated heterocycles. The Morgan fingerprint density at radius 2 is 2.30 bits per heavy atom. The van der Waals surface area contributed by atoms with E-state index in [0.717, 1.165) is 16.7 Å². The van der Waals surface area contributed by atoms with E-state index in [9.17, 15) is 0 Å². The Kier molecular flexibility index (Phi) is 2.69. The summed E-state index contributed by atoms with van der Waals surface area (Å²) < 4.78 is 0.730. The molecule has 0 amide bonds. The van der Waals surface area contributed by atoms with Crippen LogP contribution in [0.4, 0.5) is 0 Å². The van der Waals surface area contributed by atoms with Gasteiger partial charge >= 0.3 is 0 Å². The molecule has 0 atom stereocenters. The smallest absolute Gasteiger partial charge is 0.124 e. The van der Waals surface area contributed by atoms with Gasteiger partial charge in [0.1, 0.15) is 4.60 Å². The van der Waals surface area contributed by atoms with Gasteiger partial charge in [-0.25, -0.2) is 4.98 Å². The molecule has 0 aliphatic heterocycles. The zero-order valence-corrected chi connectivity index (χ0v) is 7.91. The van der Waals surface area contributed by atoms with Crippen molar-refractivity contribution in [1.82, 2.24) is 4.98 Å². The summed E-state index contributed by atoms with van der Waals surface area (Å²) in [6, 6.07) is 3.77. The first kappa shape index (κ1) is 8.02. The Morgan fingerprint density at radius 1 is 1.60 bits per heavy atom. The fraction of sp³-hybridized carbons (Fsp3) is 0.286. The maximum absolute atomic E-state index is 5.73. The molecule has 1 heterocycles. The van der Waals surface area contributed by atoms with Gasteiger partial charge in [-0.15, -0.1) is 0 Å². The average Bonchev–Trinajstić information content (AvgIpc) is 1.95. The van der Waals surface area contributed by atoms with Crippen LogP contribution in [0, 0.1) is 0 Å². The van der Waals surface area contributed by atoms with Crippen LogP contribution in [-0.4, -0.2) is 4.98 Å². The Hall–Kier alpha value is -0.0800. The molecule has 10 heavy (non-hydrogen) atoms. The Balaban J connectivity index is 3.04. The van der Waals surface area contributed by atoms with Gasteiger partial charge in [0.25, 0.3) is 0 Å². The monoisotopic (exact) mass is 219 g/mol. The number of rotatable bonds is 1. The maximum Gasteiger partial charge on any atom is 0.124 e. The average molecular weight is 220 g/mol. The molecule has 54 valence electrons. The Bertz CT molecular complexity index is 237. The van der Waals surface area contributed by atoms with Crippen LogP contribution in [-0.2, 0) is 6.42 Å². The van der Waals surface area contributed by atoms with Crippen LogP contribution >= 0.6 is 27.5 Å². The maximum atomic E-state index is 5.73. The quantitative estimate of drug-likeness (QED) is 0.663. The van der Waals surface area contributed by atoms with Gasteiger partial charge in [-0.1, -0.05) is 18.5 Å². The van der Waals surface area contributed by atoms with Crippen LogP contribution in [0.2, 0.25) is 5.02 Å². The van der Waals surface area contributed by atoms with Gasteiger partial charge in [0.15, 0.2) is 0 Å². The van der Waals surface area contributed by atoms with Crippen molar-refractivity contribution < 1.29 is 0 Å². The second kappa shape index (κ2) is 3.35. The lowest BCUT2D eigenvalue weighted by Gasteiger charge is -1.97. The van der Waals surface area contributed by atoms with Crippen molar-refractivity contribution >= 4 is 27.5 Å². The summed E-state index contributed by atoms with van der Waals surface area (Å²) in [4.78, 5) is 4.18. The van der Waals surface area contributed by atoms with E-state index >= 15 is 0 Å². The largest absolute Gasteiger partial charge is 0.244 e. The van der Waals surface area contributed by atoms with Crippen molar-refractivity contribution in [1.29, 1.82) is 0 Å². The number of halogens is 2. The minimum absolute atomic E-state index is 0.664. The van der Waals surface area contributed by atoms with E-state index < -0.39 is 0 Å². The zero-order valence-electron chi connectivity index (χ0n) is 5.56. The molecule has 0 bridgehead atoms. The minimum atomic E-state index is 0.664. The predicted octanol–water partition coefficient (Wildman–Crippen LogP) is 3.06. The number of pyridine rings is 1. The summed E-state index contributed by atoms with van der Waals surface area (Å²) in [5, 5.41) is 0.664. The molecule has 0 spiro atoms. The van der Waals surface area contributed by atoms with Crippen molar-refractivity contribution in [2.45, 2.75) is 13.3 Å². The standard InChI is InChI=1S/C7H7BrClN/c1-2-5-3-4-6(9)7(8)10-5/h3-4H,2H2,1H3. The summed E-state index contributed by atoms with van der Waals surface area (Å²) >= 11 is 8.97. The van der Waals surface area contributed by atoms with Gasteiger partial charge in [0.05, 0.1) is 5.02 Å². The highest BCUT2D eigenvalue weighted by molar-refractivity contribution is 9.10. The number of hydrogen-bond acceptors (Lipinski definition) is 1. The summed E-state index contributed by atoms with van der Waals surface area (Å²) in [5.41, 5.74) is 1.05. The molecule has 1 aromatic rings. The molecule has 0 saturated carbocycles. The van der Waals surface area contributed by atoms with E-state index in [1.807, 2.05) is 12.1 Å². The lowest BCUT2D eigenvalue weighted by molar-refractivity contribution is 1.02. The third-order valence-electron chi connectivity index (χ3n) is 1.22. The normalized spacial score (nSPS) is 9.90. The molecule has 0 aliphatic carbocycles. The molecule has 0 radical (unpaired) electrons. The summed E-state index contributed by atoms with van der Waals surface area (Å²) in [5.74, 6) is 0. The van der Waals surface area contributed by atoms with Crippen molar-refractivity contribution in [3.63, 3.8) is 0 Å². The van der Waals surface area contributed by atoms with Crippen LogP contribution in [0.25, 0.3) is 0 Å². The molecule has 0 aliphatic rings. The number of aryl methyl sites for hydroxylation is 1. The molecule has 0 fully saturated rings. The molecule has 3 heteroatoms. The van der Waals surface area contributed by atoms with Crippen molar-refractivity contribution in [3.05, 3.63) is 27.5 Å². The highest BCUT2D eigenvalue weighted by Crippen LogP contribution is 2.19. The minimum Gasteiger partial charge on any atom is -0.244 e. The molecule has 0 unspecified atom stereocenters. The first-order valence-corrected chi connectivity index (χ1v) is 4.22. The lowest BCUT2D eigenvalue weighted by atomic mass is 10.3. The van der Waals surface area contributed by atoms with Crippen LogP contribution in [0.5, 0.6) is 0 Å². The van der Waals surface area contributed by atoms with Crippen LogP contribution in [0.1, 0.15) is 12.6 Å². The van der Waals surface area contributed by atoms with Gasteiger partial charge in [-0.05, 0) is 34.5 Å². The Morgan fingerprint density at radius 3 is 2.80 bits per heavy atom. The number of aromatic nitrogens is 1. The van der Waals surface area contributed by atoms with Crippen LogP contribution in [0.3, 0.4) is 0 Å². The van der Waals surface area contributed by atoms with E-state index in [1.165, 1.54) is 0 Å². The lowest BCUT2D eigenvalue weighted by Crippen LogP contribution is -1.86. The van der Waals surface area contributed by atoms with Crippen molar-refractivity contribution in [2.75, 3.05) is 0 Å². The third-order valence-corrected chi connectivity index (χ3v) is 2.36. The first-order chi connectivity index (χ1) is 4.74. The van der Waals surface area contributed by atoms with Crippen molar-refractivity contribution in [3.8, 4) is 0 Å². The molecule has 1 rings (SSSR count). The first-order valence-electron chi connectivity index (χ1n) is 3.05. The highest BCUT2D eigenvalue weighted by atomic mass is 79.9. The molecule has 1 aromatic heterocycles. The summed E-state index contributed by atoms with van der Waals surface area (Å²) in [6.07, 6.45) is 0.940. The fourth-order valence-electron chi connectivity index (χ4n) is 0.652. The van der Waals surface area contributed by atoms with Gasteiger partial charge in [-0.2, -0.15) is 0 Å². The van der Waals surface area contributed by atoms with Gasteiger partial charge in [0.2, 0.25) is 0 Å². The fourth-order valence-corrected chi connectivity index (χ4v) is 1.12. The van der Waals surface area contributed by atoms with Crippen molar-refractivity contribution in [2.24, 2.45) is 0 Å². The van der Waals surface area contributed by atoms with E-state index in [2.05, 4.69) is 27.8 Å². The topological polar surface area (TPSA) is 12.9 Å². The third kappa shape index (κ3) is 1.70. The van der Waals surface area contributed by atoms with Crippen LogP contribution in [0.15, 0.2) is 16.7 Å². The summed E-state index contributed by atoms with van der Waals surface area (Å²) in [6.45, 7) is 2.06. The summed E-state index contributed by atoms with van der Waals surface area (Å²) in [7, 11) is 0. The van der Waals surface area contributed by atoms with Crippen LogP contribution < -0.4 is 0 Å². The van der Waals surface area contributed by atoms with Gasteiger partial charge < -0.3 is 0 Å². The number of nitrogens with zero attached hydrogens (tertiary/aromatic N) is 1. The SMILES string of the molecule is CCc1ccc(Cl)c(Br)n1. The zero-order chi connectivity index (χ0) is 7.56. The molecular weight excluding hydrogens is 213 g/mol. The van der Waals surface area contributed by atoms with Gasteiger partial charge in [0, 0.05) is 5.69 Å². The molecule has 1 nitrogen and oxygen atoms in total. The Labute approximate surface area is 73.6 Å². The van der Waals surface area contributed by atoms with Gasteiger partial charge in [-0.3, -0.25) is 0 Å². The predicted molar refractivity (Wildman–Crippen MR) is 46.3 cm³/mol. The van der Waals surface area contributed by atoms with E-state index in [-0.39, 0.29) is 0 Å². The molecular formula is C7H7BrClN. The van der Waals surface area contributed by atoms with E-state index in [0.29, 0.717) is 5.02 Å². The highest BCUT2D eigenvalue weighted by Gasteiger charge is 1.97. The second-order valence-electron chi connectivity index (χ2n) is 1.93. The van der Waals surface area contributed by atoms with E-state index in [1.54, 1.807) is 0 Å². The van der Waals surface area contributed by atoms with E-state index in [4.69, 9.17) is 11.6 Å². The second-order valence-corrected chi connectivity index (χ2v) is 3.09. The molecule has 0 aromatic carbocycles. The molecule has 0 N–H and O–H groups in total.